The van der Waals surface area contributed by atoms with Gasteiger partial charge in [-0.15, -0.1) is 0 Å². The van der Waals surface area contributed by atoms with Crippen LogP contribution in [0.15, 0.2) is 78.9 Å². The van der Waals surface area contributed by atoms with Gasteiger partial charge in [0.1, 0.15) is 0 Å². The standard InChI is InChI=1S/C23H18N2O/c24-14-17-10-12-19(13-11-17)23(26)25-15-20-8-4-5-9-21(20)22(16-25)18-6-2-1-3-7-18/h1-13,22H,15-16H2/t22-/m0/s1. The average molecular weight is 338 g/mol. The lowest BCUT2D eigenvalue weighted by Gasteiger charge is -2.35. The largest absolute Gasteiger partial charge is 0.333 e. The van der Waals surface area contributed by atoms with E-state index in [9.17, 15) is 4.79 Å². The van der Waals surface area contributed by atoms with Gasteiger partial charge in [0.05, 0.1) is 11.6 Å². The minimum absolute atomic E-state index is 0.00456. The van der Waals surface area contributed by atoms with Gasteiger partial charge in [-0.3, -0.25) is 4.79 Å². The quantitative estimate of drug-likeness (QED) is 0.697. The third-order valence-corrected chi connectivity index (χ3v) is 4.94. The summed E-state index contributed by atoms with van der Waals surface area (Å²) < 4.78 is 0. The number of amides is 1. The maximum Gasteiger partial charge on any atom is 0.254 e. The van der Waals surface area contributed by atoms with Crippen LogP contribution in [-0.4, -0.2) is 17.4 Å². The van der Waals surface area contributed by atoms with Crippen LogP contribution in [0.2, 0.25) is 0 Å². The van der Waals surface area contributed by atoms with Gasteiger partial charge in [0.15, 0.2) is 0 Å². The predicted octanol–water partition coefficient (Wildman–Crippen LogP) is 4.35. The van der Waals surface area contributed by atoms with Crippen LogP contribution in [0.1, 0.15) is 38.5 Å². The minimum atomic E-state index is 0.00456. The van der Waals surface area contributed by atoms with Gasteiger partial charge in [-0.25, -0.2) is 0 Å². The summed E-state index contributed by atoms with van der Waals surface area (Å²) in [4.78, 5) is 14.9. The fourth-order valence-electron chi connectivity index (χ4n) is 3.60. The monoisotopic (exact) mass is 338 g/mol. The van der Waals surface area contributed by atoms with Crippen LogP contribution in [0.25, 0.3) is 0 Å². The summed E-state index contributed by atoms with van der Waals surface area (Å²) in [6.07, 6.45) is 0. The molecule has 0 aromatic heterocycles. The predicted molar refractivity (Wildman–Crippen MR) is 101 cm³/mol. The van der Waals surface area contributed by atoms with Crippen molar-refractivity contribution in [3.05, 3.63) is 107 Å². The first-order valence-corrected chi connectivity index (χ1v) is 8.68. The number of fused-ring (bicyclic) bond motifs is 1. The normalized spacial score (nSPS) is 15.8. The Balaban J connectivity index is 1.68. The molecule has 0 radical (unpaired) electrons. The second-order valence-corrected chi connectivity index (χ2v) is 6.54. The van der Waals surface area contributed by atoms with Gasteiger partial charge in [-0.2, -0.15) is 5.26 Å². The summed E-state index contributed by atoms with van der Waals surface area (Å²) in [6.45, 7) is 1.26. The van der Waals surface area contributed by atoms with E-state index < -0.39 is 0 Å². The van der Waals surface area contributed by atoms with E-state index in [1.807, 2.05) is 29.2 Å². The highest BCUT2D eigenvalue weighted by molar-refractivity contribution is 5.94. The summed E-state index contributed by atoms with van der Waals surface area (Å²) in [7, 11) is 0. The molecule has 1 atom stereocenters. The highest BCUT2D eigenvalue weighted by Crippen LogP contribution is 2.34. The Morgan fingerprint density at radius 3 is 2.35 bits per heavy atom. The van der Waals surface area contributed by atoms with Crippen LogP contribution in [-0.2, 0) is 6.54 Å². The first-order valence-electron chi connectivity index (χ1n) is 8.68. The smallest absolute Gasteiger partial charge is 0.254 e. The van der Waals surface area contributed by atoms with Crippen molar-refractivity contribution in [1.29, 1.82) is 5.26 Å². The molecule has 3 aromatic carbocycles. The lowest BCUT2D eigenvalue weighted by atomic mass is 9.84. The molecular weight excluding hydrogens is 320 g/mol. The zero-order valence-electron chi connectivity index (χ0n) is 14.3. The third kappa shape index (κ3) is 2.98. The van der Waals surface area contributed by atoms with Crippen molar-refractivity contribution in [1.82, 2.24) is 4.90 Å². The Hall–Kier alpha value is -3.38. The molecule has 0 unspecified atom stereocenters. The molecule has 1 heterocycles. The number of hydrogen-bond donors (Lipinski definition) is 0. The van der Waals surface area contributed by atoms with E-state index in [4.69, 9.17) is 5.26 Å². The van der Waals surface area contributed by atoms with E-state index >= 15 is 0 Å². The van der Waals surface area contributed by atoms with Gasteiger partial charge in [-0.1, -0.05) is 54.6 Å². The van der Waals surface area contributed by atoms with Crippen LogP contribution in [0, 0.1) is 11.3 Å². The van der Waals surface area contributed by atoms with E-state index in [1.54, 1.807) is 24.3 Å². The number of carbonyl (C=O) groups is 1. The maximum absolute atomic E-state index is 13.0. The summed E-state index contributed by atoms with van der Waals surface area (Å²) in [5.41, 5.74) is 4.89. The molecule has 0 fully saturated rings. The molecule has 3 heteroatoms. The van der Waals surface area contributed by atoms with Crippen LogP contribution in [0.3, 0.4) is 0 Å². The first kappa shape index (κ1) is 16.1. The van der Waals surface area contributed by atoms with E-state index in [0.29, 0.717) is 24.2 Å². The lowest BCUT2D eigenvalue weighted by molar-refractivity contribution is 0.0725. The molecule has 3 nitrogen and oxygen atoms in total. The van der Waals surface area contributed by atoms with Crippen LogP contribution in [0.4, 0.5) is 0 Å². The lowest BCUT2D eigenvalue weighted by Crippen LogP contribution is -2.38. The number of carbonyl (C=O) groups excluding carboxylic acids is 1. The topological polar surface area (TPSA) is 44.1 Å². The minimum Gasteiger partial charge on any atom is -0.333 e. The van der Waals surface area contributed by atoms with Crippen LogP contribution >= 0.6 is 0 Å². The van der Waals surface area contributed by atoms with Crippen molar-refractivity contribution in [2.45, 2.75) is 12.5 Å². The number of nitriles is 1. The fourth-order valence-corrected chi connectivity index (χ4v) is 3.60. The molecule has 1 amide bonds. The van der Waals surface area contributed by atoms with Crippen molar-refractivity contribution in [3.63, 3.8) is 0 Å². The van der Waals surface area contributed by atoms with Crippen molar-refractivity contribution in [3.8, 4) is 6.07 Å². The van der Waals surface area contributed by atoms with E-state index in [0.717, 1.165) is 0 Å². The van der Waals surface area contributed by atoms with Crippen molar-refractivity contribution < 1.29 is 4.79 Å². The molecule has 0 N–H and O–H groups in total. The molecule has 26 heavy (non-hydrogen) atoms. The molecule has 0 aliphatic carbocycles. The molecule has 4 rings (SSSR count). The van der Waals surface area contributed by atoms with Gasteiger partial charge in [0.25, 0.3) is 5.91 Å². The van der Waals surface area contributed by atoms with Crippen molar-refractivity contribution in [2.24, 2.45) is 0 Å². The van der Waals surface area contributed by atoms with Gasteiger partial charge in [0, 0.05) is 24.6 Å². The Morgan fingerprint density at radius 2 is 1.62 bits per heavy atom. The van der Waals surface area contributed by atoms with Crippen molar-refractivity contribution >= 4 is 5.91 Å². The zero-order chi connectivity index (χ0) is 17.9. The molecule has 0 spiro atoms. The second-order valence-electron chi connectivity index (χ2n) is 6.54. The highest BCUT2D eigenvalue weighted by Gasteiger charge is 2.29. The molecule has 1 aliphatic rings. The number of rotatable bonds is 2. The van der Waals surface area contributed by atoms with Gasteiger partial charge < -0.3 is 4.90 Å². The number of hydrogen-bond acceptors (Lipinski definition) is 2. The fraction of sp³-hybridized carbons (Fsp3) is 0.130. The number of benzene rings is 3. The summed E-state index contributed by atoms with van der Waals surface area (Å²) in [6, 6.07) is 27.6. The van der Waals surface area contributed by atoms with Crippen LogP contribution in [0.5, 0.6) is 0 Å². The molecule has 126 valence electrons. The van der Waals surface area contributed by atoms with Crippen LogP contribution < -0.4 is 0 Å². The molecule has 0 bridgehead atoms. The Morgan fingerprint density at radius 1 is 0.923 bits per heavy atom. The molecule has 3 aromatic rings. The highest BCUT2D eigenvalue weighted by atomic mass is 16.2. The Bertz CT molecular complexity index is 971. The Labute approximate surface area is 153 Å². The SMILES string of the molecule is N#Cc1ccc(C(=O)N2Cc3ccccc3[C@H](c3ccccc3)C2)cc1. The van der Waals surface area contributed by atoms with Gasteiger partial charge in [-0.05, 0) is 41.0 Å². The van der Waals surface area contributed by atoms with E-state index in [2.05, 4.69) is 36.4 Å². The van der Waals surface area contributed by atoms with Gasteiger partial charge >= 0.3 is 0 Å². The average Bonchev–Trinajstić information content (AvgIpc) is 2.73. The second kappa shape index (κ2) is 6.85. The maximum atomic E-state index is 13.0. The molecular formula is C23H18N2O. The number of nitrogens with zero attached hydrogens (tertiary/aromatic N) is 2. The van der Waals surface area contributed by atoms with E-state index in [1.165, 1.54) is 16.7 Å². The van der Waals surface area contributed by atoms with Crippen molar-refractivity contribution in [2.75, 3.05) is 6.54 Å². The first-order chi connectivity index (χ1) is 12.8. The van der Waals surface area contributed by atoms with Gasteiger partial charge in [0.2, 0.25) is 0 Å². The Kier molecular flexibility index (Phi) is 4.25. The molecule has 1 aliphatic heterocycles. The van der Waals surface area contributed by atoms with E-state index in [-0.39, 0.29) is 11.8 Å². The summed E-state index contributed by atoms with van der Waals surface area (Å²) in [5.74, 6) is 0.174. The molecule has 0 saturated heterocycles. The summed E-state index contributed by atoms with van der Waals surface area (Å²) in [5, 5.41) is 8.94. The zero-order valence-corrected chi connectivity index (χ0v) is 14.3. The summed E-state index contributed by atoms with van der Waals surface area (Å²) >= 11 is 0. The molecule has 0 saturated carbocycles. The third-order valence-electron chi connectivity index (χ3n) is 4.94.